The molecule has 2 aliphatic carbocycles. The molecule has 2 aromatic carbocycles. The molecule has 0 spiro atoms. The third-order valence-electron chi connectivity index (χ3n) is 7.45. The number of rotatable bonds is 9. The van der Waals surface area contributed by atoms with E-state index < -0.39 is 0 Å². The smallest absolute Gasteiger partial charge is 0.227 e. The number of nitrogens with one attached hydrogen (secondary N) is 1. The number of hydrogen-bond acceptors (Lipinski definition) is 4. The van der Waals surface area contributed by atoms with Crippen LogP contribution in [0.4, 0.5) is 10.1 Å². The van der Waals surface area contributed by atoms with Crippen molar-refractivity contribution in [2.75, 3.05) is 4.72 Å². The van der Waals surface area contributed by atoms with Crippen LogP contribution in [-0.4, -0.2) is 25.6 Å². The zero-order valence-electron chi connectivity index (χ0n) is 22.5. The topological polar surface area (TPSA) is 50.2 Å². The first-order chi connectivity index (χ1) is 19.0. The number of carbonyl (C=O) groups excluding carboxylic acids is 1. The SMILES string of the molecule is CC(CC(=O)N(Cc1nccn1C)C1=CCC=C2CCCC(SNc3cccc(F)c3)C2=C1)c1ccccc1. The second-order valence-electron chi connectivity index (χ2n) is 10.3. The predicted octanol–water partition coefficient (Wildman–Crippen LogP) is 7.53. The molecule has 202 valence electrons. The Morgan fingerprint density at radius 1 is 1.21 bits per heavy atom. The molecule has 0 bridgehead atoms. The normalized spacial score (nSPS) is 17.7. The number of carbonyl (C=O) groups is 1. The monoisotopic (exact) mass is 542 g/mol. The molecular weight excluding hydrogens is 507 g/mol. The molecule has 1 heterocycles. The standard InChI is InChI=1S/C32H35FN4OS/c1-23(24-9-4-3-5-10-24)19-32(38)37(22-31-34-17-18-36(31)2)28-15-6-11-25-12-7-16-30(29(25)21-28)39-35-27-14-8-13-26(33)20-27/h3-5,8-11,13-15,17-18,20-21,23,30,35H,6-7,12,16,19,22H2,1-2H3. The third kappa shape index (κ3) is 6.71. The van der Waals surface area contributed by atoms with Gasteiger partial charge in [-0.05, 0) is 84.5 Å². The molecule has 3 aromatic rings. The Morgan fingerprint density at radius 3 is 2.82 bits per heavy atom. The first kappa shape index (κ1) is 27.0. The van der Waals surface area contributed by atoms with Crippen molar-refractivity contribution in [2.24, 2.45) is 7.05 Å². The summed E-state index contributed by atoms with van der Waals surface area (Å²) in [5, 5.41) is 0.197. The molecule has 7 heteroatoms. The highest BCUT2D eigenvalue weighted by atomic mass is 32.2. The van der Waals surface area contributed by atoms with Crippen LogP contribution < -0.4 is 4.72 Å². The van der Waals surface area contributed by atoms with Gasteiger partial charge in [0.05, 0.1) is 6.54 Å². The average Bonchev–Trinajstić information content (AvgIpc) is 3.22. The van der Waals surface area contributed by atoms with E-state index in [0.717, 1.165) is 48.5 Å². The maximum atomic E-state index is 13.9. The van der Waals surface area contributed by atoms with E-state index in [0.29, 0.717) is 13.0 Å². The summed E-state index contributed by atoms with van der Waals surface area (Å²) in [6.07, 6.45) is 14.7. The fourth-order valence-corrected chi connectivity index (χ4v) is 6.25. The maximum absolute atomic E-state index is 13.9. The molecule has 5 nitrogen and oxygen atoms in total. The van der Waals surface area contributed by atoms with E-state index >= 15 is 0 Å². The lowest BCUT2D eigenvalue weighted by atomic mass is 9.88. The maximum Gasteiger partial charge on any atom is 0.227 e. The highest BCUT2D eigenvalue weighted by Gasteiger charge is 2.28. The Labute approximate surface area is 234 Å². The van der Waals surface area contributed by atoms with Crippen LogP contribution in [0, 0.1) is 5.82 Å². The van der Waals surface area contributed by atoms with Crippen molar-refractivity contribution in [3.8, 4) is 0 Å². The van der Waals surface area contributed by atoms with Crippen molar-refractivity contribution in [3.05, 3.63) is 119 Å². The number of fused-ring (bicyclic) bond motifs is 1. The number of anilines is 1. The minimum atomic E-state index is -0.253. The van der Waals surface area contributed by atoms with Crippen molar-refractivity contribution in [1.82, 2.24) is 14.5 Å². The van der Waals surface area contributed by atoms with Gasteiger partial charge in [-0.1, -0.05) is 55.5 Å². The molecule has 1 amide bonds. The second kappa shape index (κ2) is 12.5. The quantitative estimate of drug-likeness (QED) is 0.284. The van der Waals surface area contributed by atoms with Crippen molar-refractivity contribution in [1.29, 1.82) is 0 Å². The van der Waals surface area contributed by atoms with Crippen molar-refractivity contribution in [3.63, 3.8) is 0 Å². The first-order valence-electron chi connectivity index (χ1n) is 13.6. The molecule has 0 aliphatic heterocycles. The van der Waals surface area contributed by atoms with Crippen LogP contribution in [0.2, 0.25) is 0 Å². The Kier molecular flexibility index (Phi) is 8.67. The molecule has 39 heavy (non-hydrogen) atoms. The Bertz CT molecular complexity index is 1390. The summed E-state index contributed by atoms with van der Waals surface area (Å²) in [6, 6.07) is 16.8. The number of imidazole rings is 1. The van der Waals surface area contributed by atoms with Crippen molar-refractivity contribution in [2.45, 2.75) is 56.7 Å². The Hall–Kier alpha value is -3.58. The molecule has 0 saturated heterocycles. The van der Waals surface area contributed by atoms with Gasteiger partial charge in [0.2, 0.25) is 5.91 Å². The van der Waals surface area contributed by atoms with Crippen LogP contribution in [0.5, 0.6) is 0 Å². The lowest BCUT2D eigenvalue weighted by molar-refractivity contribution is -0.130. The number of aryl methyl sites for hydroxylation is 1. The van der Waals surface area contributed by atoms with Gasteiger partial charge in [-0.15, -0.1) is 0 Å². The van der Waals surface area contributed by atoms with Gasteiger partial charge in [0.25, 0.3) is 0 Å². The van der Waals surface area contributed by atoms with E-state index in [1.54, 1.807) is 24.2 Å². The average molecular weight is 543 g/mol. The minimum absolute atomic E-state index is 0.0822. The zero-order valence-corrected chi connectivity index (χ0v) is 23.3. The number of aromatic nitrogens is 2. The fourth-order valence-electron chi connectivity index (χ4n) is 5.22. The molecule has 2 atom stereocenters. The molecular formula is C32H35FN4OS. The predicted molar refractivity (Wildman–Crippen MR) is 157 cm³/mol. The number of benzene rings is 2. The van der Waals surface area contributed by atoms with Gasteiger partial charge in [0, 0.05) is 42.5 Å². The van der Waals surface area contributed by atoms with Crippen molar-refractivity contribution < 1.29 is 9.18 Å². The largest absolute Gasteiger partial charge is 0.337 e. The van der Waals surface area contributed by atoms with E-state index in [-0.39, 0.29) is 22.9 Å². The van der Waals surface area contributed by atoms with Crippen molar-refractivity contribution >= 4 is 23.5 Å². The molecule has 0 radical (unpaired) electrons. The number of halogens is 1. The lowest BCUT2D eigenvalue weighted by Gasteiger charge is -2.30. The highest BCUT2D eigenvalue weighted by molar-refractivity contribution is 8.01. The zero-order chi connectivity index (χ0) is 27.2. The van der Waals surface area contributed by atoms with Gasteiger partial charge in [-0.25, -0.2) is 9.37 Å². The molecule has 2 unspecified atom stereocenters. The van der Waals surface area contributed by atoms with Crippen LogP contribution in [0.3, 0.4) is 0 Å². The molecule has 5 rings (SSSR count). The number of allylic oxidation sites excluding steroid dienone is 4. The van der Waals surface area contributed by atoms with E-state index in [1.165, 1.54) is 23.3 Å². The lowest BCUT2D eigenvalue weighted by Crippen LogP contribution is -2.31. The van der Waals surface area contributed by atoms with Gasteiger partial charge in [-0.2, -0.15) is 0 Å². The highest BCUT2D eigenvalue weighted by Crippen LogP contribution is 2.39. The number of hydrogen-bond donors (Lipinski definition) is 1. The minimum Gasteiger partial charge on any atom is -0.337 e. The summed E-state index contributed by atoms with van der Waals surface area (Å²) >= 11 is 1.62. The van der Waals surface area contributed by atoms with Crippen LogP contribution in [0.1, 0.15) is 56.3 Å². The summed E-state index contributed by atoms with van der Waals surface area (Å²) < 4.78 is 19.1. The van der Waals surface area contributed by atoms with Crippen LogP contribution in [0.25, 0.3) is 0 Å². The van der Waals surface area contributed by atoms with E-state index in [1.807, 2.05) is 47.0 Å². The van der Waals surface area contributed by atoms with Gasteiger partial charge in [-0.3, -0.25) is 4.79 Å². The summed E-state index contributed by atoms with van der Waals surface area (Å²) in [6.45, 7) is 2.52. The van der Waals surface area contributed by atoms with Crippen LogP contribution in [-0.2, 0) is 18.4 Å². The molecule has 1 N–H and O–H groups in total. The Morgan fingerprint density at radius 2 is 2.05 bits per heavy atom. The van der Waals surface area contributed by atoms with E-state index in [4.69, 9.17) is 0 Å². The van der Waals surface area contributed by atoms with Gasteiger partial charge >= 0.3 is 0 Å². The first-order valence-corrected chi connectivity index (χ1v) is 14.5. The fraction of sp³-hybridized carbons (Fsp3) is 0.312. The van der Waals surface area contributed by atoms with Gasteiger partial charge in [0.1, 0.15) is 11.6 Å². The third-order valence-corrected chi connectivity index (χ3v) is 8.58. The molecule has 1 saturated carbocycles. The summed E-state index contributed by atoms with van der Waals surface area (Å²) in [5.41, 5.74) is 5.41. The number of amides is 1. The summed E-state index contributed by atoms with van der Waals surface area (Å²) in [7, 11) is 1.96. The van der Waals surface area contributed by atoms with Crippen LogP contribution in [0.15, 0.2) is 102 Å². The summed E-state index contributed by atoms with van der Waals surface area (Å²) in [5.74, 6) is 0.772. The second-order valence-corrected chi connectivity index (χ2v) is 11.3. The van der Waals surface area contributed by atoms with Gasteiger partial charge in [0.15, 0.2) is 0 Å². The van der Waals surface area contributed by atoms with Gasteiger partial charge < -0.3 is 14.2 Å². The van der Waals surface area contributed by atoms with E-state index in [9.17, 15) is 9.18 Å². The van der Waals surface area contributed by atoms with Crippen LogP contribution >= 0.6 is 11.9 Å². The van der Waals surface area contributed by atoms with E-state index in [2.05, 4.69) is 47.0 Å². The molecule has 2 aliphatic rings. The number of nitrogens with zero attached hydrogens (tertiary/aromatic N) is 3. The Balaban J connectivity index is 1.41. The molecule has 1 fully saturated rings. The summed E-state index contributed by atoms with van der Waals surface area (Å²) in [4.78, 5) is 20.3. The molecule has 1 aromatic heterocycles.